The van der Waals surface area contributed by atoms with Crippen LogP contribution in [0.2, 0.25) is 19.6 Å². The van der Waals surface area contributed by atoms with Crippen LogP contribution in [0.1, 0.15) is 29.8 Å². The predicted molar refractivity (Wildman–Crippen MR) is 73.2 cm³/mol. The van der Waals surface area contributed by atoms with Gasteiger partial charge < -0.3 is 4.74 Å². The summed E-state index contributed by atoms with van der Waals surface area (Å²) in [6, 6.07) is 1.95. The first kappa shape index (κ1) is 13.9. The van der Waals surface area contributed by atoms with Gasteiger partial charge in [0.25, 0.3) is 0 Å². The minimum Gasteiger partial charge on any atom is -0.481 e. The number of aromatic nitrogens is 1. The van der Waals surface area contributed by atoms with Crippen molar-refractivity contribution in [2.75, 3.05) is 7.11 Å². The molecular weight excluding hydrogens is 230 g/mol. The van der Waals surface area contributed by atoms with Crippen LogP contribution in [0.3, 0.4) is 0 Å². The molecule has 1 heterocycles. The van der Waals surface area contributed by atoms with Crippen molar-refractivity contribution in [2.24, 2.45) is 0 Å². The molecule has 0 aromatic carbocycles. The van der Waals surface area contributed by atoms with Gasteiger partial charge in [-0.15, -0.1) is 0 Å². The zero-order valence-corrected chi connectivity index (χ0v) is 12.5. The van der Waals surface area contributed by atoms with Crippen LogP contribution in [0.15, 0.2) is 6.07 Å². The number of rotatable bonds is 4. The highest BCUT2D eigenvalue weighted by molar-refractivity contribution is 6.88. The Morgan fingerprint density at radius 3 is 2.35 bits per heavy atom. The first-order valence-corrected chi connectivity index (χ1v) is 9.40. The number of carbonyl (C=O) groups excluding carboxylic acids is 1. The Labute approximate surface area is 104 Å². The fraction of sp³-hybridized carbons (Fsp3) is 0.538. The normalized spacial score (nSPS) is 11.4. The molecule has 0 atom stereocenters. The molecular formula is C13H21NO2Si. The fourth-order valence-electron chi connectivity index (χ4n) is 1.76. The van der Waals surface area contributed by atoms with Crippen LogP contribution in [0.5, 0.6) is 5.88 Å². The van der Waals surface area contributed by atoms with Crippen molar-refractivity contribution in [2.45, 2.75) is 39.9 Å². The molecule has 0 fully saturated rings. The number of ether oxygens (including phenoxy) is 1. The maximum atomic E-state index is 11.7. The molecule has 0 unspecified atom stereocenters. The van der Waals surface area contributed by atoms with Gasteiger partial charge in [-0.05, 0) is 19.4 Å². The number of pyridine rings is 1. The molecule has 3 nitrogen and oxygen atoms in total. The number of ketones is 1. The highest BCUT2D eigenvalue weighted by Crippen LogP contribution is 2.21. The van der Waals surface area contributed by atoms with Crippen molar-refractivity contribution in [3.05, 3.63) is 17.2 Å². The van der Waals surface area contributed by atoms with Crippen molar-refractivity contribution in [3.8, 4) is 5.88 Å². The lowest BCUT2D eigenvalue weighted by molar-refractivity contribution is 0.101. The minimum absolute atomic E-state index is 0.0852. The van der Waals surface area contributed by atoms with Gasteiger partial charge in [0.05, 0.1) is 7.11 Å². The number of methoxy groups -OCH3 is 1. The molecule has 0 amide bonds. The molecule has 0 saturated carbocycles. The lowest BCUT2D eigenvalue weighted by Crippen LogP contribution is -2.40. The smallest absolute Gasteiger partial charge is 0.216 e. The number of Topliss-reactive ketones (excluding diaryl/α,β-unsaturated/α-hetero) is 1. The summed E-state index contributed by atoms with van der Waals surface area (Å²) in [4.78, 5) is 16.3. The Bertz CT molecular complexity index is 436. The van der Waals surface area contributed by atoms with Gasteiger partial charge in [-0.2, -0.15) is 0 Å². The van der Waals surface area contributed by atoms with E-state index in [2.05, 4.69) is 24.6 Å². The van der Waals surface area contributed by atoms with E-state index in [1.54, 1.807) is 14.0 Å². The first-order valence-electron chi connectivity index (χ1n) is 5.90. The van der Waals surface area contributed by atoms with Crippen LogP contribution in [-0.2, 0) is 6.42 Å². The maximum Gasteiger partial charge on any atom is 0.216 e. The Kier molecular flexibility index (Phi) is 4.09. The molecule has 0 bridgehead atoms. The zero-order valence-electron chi connectivity index (χ0n) is 11.5. The van der Waals surface area contributed by atoms with Gasteiger partial charge in [0, 0.05) is 16.4 Å². The second kappa shape index (κ2) is 5.00. The summed E-state index contributed by atoms with van der Waals surface area (Å²) >= 11 is 0. The van der Waals surface area contributed by atoms with E-state index in [1.165, 1.54) is 0 Å². The van der Waals surface area contributed by atoms with Crippen molar-refractivity contribution in [1.82, 2.24) is 4.98 Å². The minimum atomic E-state index is -1.54. The molecule has 1 aromatic heterocycles. The van der Waals surface area contributed by atoms with E-state index in [0.717, 1.165) is 22.9 Å². The summed E-state index contributed by atoms with van der Waals surface area (Å²) in [7, 11) is 0.0733. The Morgan fingerprint density at radius 2 is 2.00 bits per heavy atom. The van der Waals surface area contributed by atoms with Gasteiger partial charge in [0.15, 0.2) is 5.78 Å². The van der Waals surface area contributed by atoms with Crippen molar-refractivity contribution in [3.63, 3.8) is 0 Å². The monoisotopic (exact) mass is 251 g/mol. The van der Waals surface area contributed by atoms with Gasteiger partial charge in [-0.3, -0.25) is 4.79 Å². The SMILES string of the molecule is CCc1c(C(C)=O)cc([Si](C)(C)C)nc1OC. The molecule has 1 aromatic rings. The van der Waals surface area contributed by atoms with Gasteiger partial charge in [-0.25, -0.2) is 4.98 Å². The summed E-state index contributed by atoms with van der Waals surface area (Å²) in [6.45, 7) is 10.3. The topological polar surface area (TPSA) is 39.2 Å². The standard InChI is InChI=1S/C13H21NO2Si/c1-7-10-11(9(2)15)8-12(17(4,5)6)14-13(10)16-3/h8H,7H2,1-6H3. The molecule has 4 heteroatoms. The van der Waals surface area contributed by atoms with E-state index in [0.29, 0.717) is 5.88 Å². The van der Waals surface area contributed by atoms with Gasteiger partial charge in [-0.1, -0.05) is 26.6 Å². The quantitative estimate of drug-likeness (QED) is 0.609. The van der Waals surface area contributed by atoms with Crippen LogP contribution < -0.4 is 10.1 Å². The maximum absolute atomic E-state index is 11.7. The fourth-order valence-corrected chi connectivity index (χ4v) is 2.77. The molecule has 0 radical (unpaired) electrons. The third kappa shape index (κ3) is 2.94. The van der Waals surface area contributed by atoms with E-state index in [4.69, 9.17) is 4.74 Å². The second-order valence-corrected chi connectivity index (χ2v) is 10.2. The number of carbonyl (C=O) groups is 1. The molecule has 0 aliphatic heterocycles. The predicted octanol–water partition coefficient (Wildman–Crippen LogP) is 2.40. The van der Waals surface area contributed by atoms with Crippen molar-refractivity contribution >= 4 is 19.2 Å². The molecule has 0 saturated heterocycles. The average molecular weight is 251 g/mol. The molecule has 17 heavy (non-hydrogen) atoms. The van der Waals surface area contributed by atoms with E-state index in [-0.39, 0.29) is 5.78 Å². The van der Waals surface area contributed by atoms with E-state index in [1.807, 2.05) is 13.0 Å². The zero-order chi connectivity index (χ0) is 13.2. The van der Waals surface area contributed by atoms with Crippen LogP contribution >= 0.6 is 0 Å². The Balaban J connectivity index is 3.51. The van der Waals surface area contributed by atoms with Gasteiger partial charge in [0.2, 0.25) is 5.88 Å². The first-order chi connectivity index (χ1) is 7.81. The van der Waals surface area contributed by atoms with Crippen LogP contribution in [0, 0.1) is 0 Å². The van der Waals surface area contributed by atoms with Crippen LogP contribution in [0.4, 0.5) is 0 Å². The summed E-state index contributed by atoms with van der Waals surface area (Å²) in [5.41, 5.74) is 1.68. The van der Waals surface area contributed by atoms with E-state index < -0.39 is 8.07 Å². The highest BCUT2D eigenvalue weighted by atomic mass is 28.3. The highest BCUT2D eigenvalue weighted by Gasteiger charge is 2.23. The lowest BCUT2D eigenvalue weighted by atomic mass is 10.0. The third-order valence-electron chi connectivity index (χ3n) is 2.78. The molecule has 1 rings (SSSR count). The molecule has 94 valence electrons. The molecule has 0 aliphatic rings. The lowest BCUT2D eigenvalue weighted by Gasteiger charge is -2.19. The summed E-state index contributed by atoms with van der Waals surface area (Å²) < 4.78 is 5.32. The largest absolute Gasteiger partial charge is 0.481 e. The Hall–Kier alpha value is -1.16. The molecule has 0 spiro atoms. The average Bonchev–Trinajstić information content (AvgIpc) is 2.25. The Morgan fingerprint density at radius 1 is 1.41 bits per heavy atom. The number of nitrogens with zero attached hydrogens (tertiary/aromatic N) is 1. The number of hydrogen-bond acceptors (Lipinski definition) is 3. The van der Waals surface area contributed by atoms with Crippen molar-refractivity contribution in [1.29, 1.82) is 0 Å². The van der Waals surface area contributed by atoms with Crippen LogP contribution in [0.25, 0.3) is 0 Å². The van der Waals surface area contributed by atoms with Crippen LogP contribution in [-0.4, -0.2) is 26.0 Å². The number of hydrogen-bond donors (Lipinski definition) is 0. The second-order valence-electron chi connectivity index (χ2n) is 5.20. The van der Waals surface area contributed by atoms with E-state index in [9.17, 15) is 4.79 Å². The summed E-state index contributed by atoms with van der Waals surface area (Å²) in [5, 5.41) is 1.02. The summed E-state index contributed by atoms with van der Waals surface area (Å²) in [5.74, 6) is 0.694. The van der Waals surface area contributed by atoms with Gasteiger partial charge in [0.1, 0.15) is 8.07 Å². The van der Waals surface area contributed by atoms with Crippen molar-refractivity contribution < 1.29 is 9.53 Å². The van der Waals surface area contributed by atoms with Gasteiger partial charge >= 0.3 is 0 Å². The molecule has 0 N–H and O–H groups in total. The third-order valence-corrected chi connectivity index (χ3v) is 4.57. The van der Waals surface area contributed by atoms with E-state index >= 15 is 0 Å². The summed E-state index contributed by atoms with van der Waals surface area (Å²) in [6.07, 6.45) is 0.761. The molecule has 0 aliphatic carbocycles.